The quantitative estimate of drug-likeness (QED) is 0.508. The Balaban J connectivity index is 2.06. The number of nitro groups is 1. The smallest absolute Gasteiger partial charge is 0.311 e. The summed E-state index contributed by atoms with van der Waals surface area (Å²) < 4.78 is 10.5. The van der Waals surface area contributed by atoms with Crippen LogP contribution in [0.2, 0.25) is 0 Å². The number of rotatable bonds is 9. The zero-order valence-electron chi connectivity index (χ0n) is 14.9. The van der Waals surface area contributed by atoms with Gasteiger partial charge in [0.25, 0.3) is 5.91 Å². The van der Waals surface area contributed by atoms with Crippen molar-refractivity contribution >= 4 is 11.6 Å². The third-order valence-electron chi connectivity index (χ3n) is 3.80. The second-order valence-corrected chi connectivity index (χ2v) is 5.81. The van der Waals surface area contributed by atoms with Crippen LogP contribution in [0.1, 0.15) is 11.1 Å². The van der Waals surface area contributed by atoms with Gasteiger partial charge in [-0.1, -0.05) is 36.4 Å². The van der Waals surface area contributed by atoms with E-state index in [9.17, 15) is 14.9 Å². The van der Waals surface area contributed by atoms with Gasteiger partial charge in [-0.05, 0) is 24.1 Å². The summed E-state index contributed by atoms with van der Waals surface area (Å²) in [6.07, 6.45) is 0. The van der Waals surface area contributed by atoms with Crippen LogP contribution in [-0.2, 0) is 16.1 Å². The van der Waals surface area contributed by atoms with Gasteiger partial charge in [0.1, 0.15) is 0 Å². The van der Waals surface area contributed by atoms with Gasteiger partial charge in [0.2, 0.25) is 0 Å². The Morgan fingerprint density at radius 1 is 1.19 bits per heavy atom. The molecule has 0 atom stereocenters. The molecule has 0 aliphatic carbocycles. The molecule has 0 saturated carbocycles. The molecule has 0 aliphatic heterocycles. The number of ether oxygens (including phenoxy) is 2. The van der Waals surface area contributed by atoms with Crippen molar-refractivity contribution in [2.75, 3.05) is 26.9 Å². The van der Waals surface area contributed by atoms with Gasteiger partial charge < -0.3 is 14.4 Å². The van der Waals surface area contributed by atoms with Gasteiger partial charge in [0.05, 0.1) is 11.5 Å². The number of hydrogen-bond donors (Lipinski definition) is 0. The molecule has 0 saturated heterocycles. The minimum atomic E-state index is -0.514. The maximum Gasteiger partial charge on any atom is 0.311 e. The van der Waals surface area contributed by atoms with Gasteiger partial charge in [-0.15, -0.1) is 0 Å². The molecule has 7 nitrogen and oxygen atoms in total. The first-order valence-corrected chi connectivity index (χ1v) is 8.19. The molecule has 1 amide bonds. The molecule has 2 rings (SSSR count). The monoisotopic (exact) mass is 358 g/mol. The molecule has 0 unspecified atom stereocenters. The second-order valence-electron chi connectivity index (χ2n) is 5.81. The first kappa shape index (κ1) is 19.4. The Morgan fingerprint density at radius 2 is 1.92 bits per heavy atom. The van der Waals surface area contributed by atoms with Gasteiger partial charge in [-0.2, -0.15) is 0 Å². The number of nitro benzene ring substituents is 1. The van der Waals surface area contributed by atoms with E-state index in [0.29, 0.717) is 19.7 Å². The van der Waals surface area contributed by atoms with E-state index in [1.165, 1.54) is 12.1 Å². The third-order valence-corrected chi connectivity index (χ3v) is 3.80. The number of carbonyl (C=O) groups excluding carboxylic acids is 1. The fourth-order valence-corrected chi connectivity index (χ4v) is 2.42. The van der Waals surface area contributed by atoms with E-state index in [1.54, 1.807) is 25.0 Å². The third kappa shape index (κ3) is 5.56. The summed E-state index contributed by atoms with van der Waals surface area (Å²) >= 11 is 0. The molecule has 0 aliphatic rings. The molecule has 0 fully saturated rings. The summed E-state index contributed by atoms with van der Waals surface area (Å²) in [5.74, 6) is -0.180. The average molecular weight is 358 g/mol. The lowest BCUT2D eigenvalue weighted by Crippen LogP contribution is -2.36. The SMILES string of the molecule is COCCN(Cc1ccccc1)C(=O)COc1ccc(C)cc1[N+](=O)[O-]. The van der Waals surface area contributed by atoms with Gasteiger partial charge in [0.15, 0.2) is 12.4 Å². The Hall–Kier alpha value is -2.93. The maximum absolute atomic E-state index is 12.6. The minimum Gasteiger partial charge on any atom is -0.477 e. The lowest BCUT2D eigenvalue weighted by Gasteiger charge is -2.22. The second kappa shape index (κ2) is 9.53. The van der Waals surface area contributed by atoms with Gasteiger partial charge in [0, 0.05) is 26.3 Å². The van der Waals surface area contributed by atoms with E-state index in [1.807, 2.05) is 30.3 Å². The topological polar surface area (TPSA) is 81.9 Å². The van der Waals surface area contributed by atoms with Gasteiger partial charge in [-0.3, -0.25) is 14.9 Å². The number of benzene rings is 2. The number of aryl methyl sites for hydroxylation is 1. The maximum atomic E-state index is 12.6. The van der Waals surface area contributed by atoms with E-state index in [-0.39, 0.29) is 24.0 Å². The summed E-state index contributed by atoms with van der Waals surface area (Å²) in [5, 5.41) is 11.1. The fraction of sp³-hybridized carbons (Fsp3) is 0.316. The largest absolute Gasteiger partial charge is 0.477 e. The Bertz CT molecular complexity index is 749. The van der Waals surface area contributed by atoms with E-state index in [4.69, 9.17) is 9.47 Å². The van der Waals surface area contributed by atoms with Crippen molar-refractivity contribution in [2.45, 2.75) is 13.5 Å². The number of methoxy groups -OCH3 is 1. The molecule has 0 N–H and O–H groups in total. The molecule has 26 heavy (non-hydrogen) atoms. The first-order chi connectivity index (χ1) is 12.5. The lowest BCUT2D eigenvalue weighted by atomic mass is 10.2. The highest BCUT2D eigenvalue weighted by Crippen LogP contribution is 2.27. The van der Waals surface area contributed by atoms with Crippen LogP contribution in [0.3, 0.4) is 0 Å². The summed E-state index contributed by atoms with van der Waals surface area (Å²) in [6, 6.07) is 14.2. The molecule has 2 aromatic carbocycles. The molecule has 0 bridgehead atoms. The lowest BCUT2D eigenvalue weighted by molar-refractivity contribution is -0.385. The molecular weight excluding hydrogens is 336 g/mol. The van der Waals surface area contributed by atoms with Crippen LogP contribution in [0.25, 0.3) is 0 Å². The van der Waals surface area contributed by atoms with Crippen LogP contribution < -0.4 is 4.74 Å². The number of carbonyl (C=O) groups is 1. The Labute approximate surface area is 152 Å². The highest BCUT2D eigenvalue weighted by molar-refractivity contribution is 5.78. The van der Waals surface area contributed by atoms with Crippen molar-refractivity contribution in [1.82, 2.24) is 4.90 Å². The summed E-state index contributed by atoms with van der Waals surface area (Å²) in [4.78, 5) is 24.8. The van der Waals surface area contributed by atoms with Crippen molar-refractivity contribution in [3.05, 3.63) is 69.8 Å². The molecule has 0 aromatic heterocycles. The number of amides is 1. The molecule has 7 heteroatoms. The molecule has 0 spiro atoms. The van der Waals surface area contributed by atoms with Crippen molar-refractivity contribution in [2.24, 2.45) is 0 Å². The summed E-state index contributed by atoms with van der Waals surface area (Å²) in [6.45, 7) is 2.70. The highest BCUT2D eigenvalue weighted by atomic mass is 16.6. The van der Waals surface area contributed by atoms with Crippen molar-refractivity contribution in [1.29, 1.82) is 0 Å². The zero-order valence-corrected chi connectivity index (χ0v) is 14.9. The molecule has 0 radical (unpaired) electrons. The van der Waals surface area contributed by atoms with Crippen molar-refractivity contribution in [3.8, 4) is 5.75 Å². The van der Waals surface area contributed by atoms with Crippen LogP contribution in [0.15, 0.2) is 48.5 Å². The molecule has 0 heterocycles. The van der Waals surface area contributed by atoms with E-state index in [0.717, 1.165) is 11.1 Å². The molecular formula is C19H22N2O5. The highest BCUT2D eigenvalue weighted by Gasteiger charge is 2.19. The fourth-order valence-electron chi connectivity index (χ4n) is 2.42. The van der Waals surface area contributed by atoms with E-state index < -0.39 is 4.92 Å². The standard InChI is InChI=1S/C19H22N2O5/c1-15-8-9-18(17(12-15)21(23)24)26-14-19(22)20(10-11-25-2)13-16-6-4-3-5-7-16/h3-9,12H,10-11,13-14H2,1-2H3. The van der Waals surface area contributed by atoms with Crippen LogP contribution in [0, 0.1) is 17.0 Å². The average Bonchev–Trinajstić information content (AvgIpc) is 2.64. The summed E-state index contributed by atoms with van der Waals surface area (Å²) in [7, 11) is 1.57. The van der Waals surface area contributed by atoms with E-state index in [2.05, 4.69) is 0 Å². The Kier molecular flexibility index (Phi) is 7.11. The minimum absolute atomic E-state index is 0.0837. The normalized spacial score (nSPS) is 10.4. The van der Waals surface area contributed by atoms with Crippen LogP contribution in [-0.4, -0.2) is 42.6 Å². The van der Waals surface area contributed by atoms with Gasteiger partial charge in [-0.25, -0.2) is 0 Å². The van der Waals surface area contributed by atoms with Crippen molar-refractivity contribution < 1.29 is 19.2 Å². The molecule has 138 valence electrons. The predicted molar refractivity (Wildman–Crippen MR) is 97.1 cm³/mol. The van der Waals surface area contributed by atoms with Crippen LogP contribution >= 0.6 is 0 Å². The van der Waals surface area contributed by atoms with E-state index >= 15 is 0 Å². The van der Waals surface area contributed by atoms with Crippen molar-refractivity contribution in [3.63, 3.8) is 0 Å². The zero-order chi connectivity index (χ0) is 18.9. The Morgan fingerprint density at radius 3 is 2.58 bits per heavy atom. The van der Waals surface area contributed by atoms with Gasteiger partial charge >= 0.3 is 5.69 Å². The number of hydrogen-bond acceptors (Lipinski definition) is 5. The van der Waals surface area contributed by atoms with Crippen LogP contribution in [0.4, 0.5) is 5.69 Å². The van der Waals surface area contributed by atoms with Crippen LogP contribution in [0.5, 0.6) is 5.75 Å². The predicted octanol–water partition coefficient (Wildman–Crippen LogP) is 2.96. The number of nitrogens with zero attached hydrogens (tertiary/aromatic N) is 2. The first-order valence-electron chi connectivity index (χ1n) is 8.19. The summed E-state index contributed by atoms with van der Waals surface area (Å²) in [5.41, 5.74) is 1.59. The molecule has 2 aromatic rings.